The molecule has 0 aromatic carbocycles. The van der Waals surface area contributed by atoms with Gasteiger partial charge in [0.1, 0.15) is 4.88 Å². The lowest BCUT2D eigenvalue weighted by atomic mass is 10.3. The number of hydrogen-bond donors (Lipinski definition) is 1. The highest BCUT2D eigenvalue weighted by atomic mass is 32.1. The number of rotatable bonds is 5. The summed E-state index contributed by atoms with van der Waals surface area (Å²) in [6.07, 6.45) is 1.40. The standard InChI is InChI=1S/C15H16N2O5S/c1-9-7-11(16-14(19)10-5-4-6-21-10)23-13(9)15(20)22-8-12(18)17(2)3/h4-7H,8H2,1-3H3,(H,16,19). The Balaban J connectivity index is 2.01. The molecule has 122 valence electrons. The van der Waals surface area contributed by atoms with E-state index in [0.717, 1.165) is 11.3 Å². The molecule has 0 spiro atoms. The van der Waals surface area contributed by atoms with Crippen LogP contribution in [0.3, 0.4) is 0 Å². The second kappa shape index (κ2) is 7.10. The van der Waals surface area contributed by atoms with E-state index in [2.05, 4.69) is 5.32 Å². The number of nitrogens with zero attached hydrogens (tertiary/aromatic N) is 1. The Labute approximate surface area is 136 Å². The van der Waals surface area contributed by atoms with Crippen LogP contribution in [0, 0.1) is 6.92 Å². The van der Waals surface area contributed by atoms with Crippen LogP contribution in [0.2, 0.25) is 0 Å². The van der Waals surface area contributed by atoms with Crippen molar-refractivity contribution in [2.75, 3.05) is 26.0 Å². The van der Waals surface area contributed by atoms with Gasteiger partial charge in [-0.1, -0.05) is 0 Å². The van der Waals surface area contributed by atoms with Gasteiger partial charge in [-0.3, -0.25) is 9.59 Å². The van der Waals surface area contributed by atoms with E-state index in [1.165, 1.54) is 17.2 Å². The van der Waals surface area contributed by atoms with Crippen LogP contribution in [0.15, 0.2) is 28.9 Å². The summed E-state index contributed by atoms with van der Waals surface area (Å²) in [7, 11) is 3.16. The van der Waals surface area contributed by atoms with E-state index in [-0.39, 0.29) is 18.3 Å². The van der Waals surface area contributed by atoms with Gasteiger partial charge in [-0.2, -0.15) is 0 Å². The van der Waals surface area contributed by atoms with Crippen molar-refractivity contribution in [2.24, 2.45) is 0 Å². The molecule has 0 unspecified atom stereocenters. The van der Waals surface area contributed by atoms with Crippen LogP contribution in [-0.4, -0.2) is 43.4 Å². The van der Waals surface area contributed by atoms with Crippen molar-refractivity contribution in [2.45, 2.75) is 6.92 Å². The summed E-state index contributed by atoms with van der Waals surface area (Å²) in [6, 6.07) is 4.81. The molecule has 0 aliphatic heterocycles. The average molecular weight is 336 g/mol. The van der Waals surface area contributed by atoms with Crippen molar-refractivity contribution in [1.82, 2.24) is 4.90 Å². The van der Waals surface area contributed by atoms with Gasteiger partial charge < -0.3 is 19.4 Å². The lowest BCUT2D eigenvalue weighted by Gasteiger charge is -2.10. The number of nitrogens with one attached hydrogen (secondary N) is 1. The van der Waals surface area contributed by atoms with E-state index < -0.39 is 11.9 Å². The maximum atomic E-state index is 12.0. The van der Waals surface area contributed by atoms with E-state index in [1.54, 1.807) is 33.2 Å². The second-order valence-corrected chi connectivity index (χ2v) is 5.97. The molecule has 2 aromatic heterocycles. The molecular weight excluding hydrogens is 320 g/mol. The highest BCUT2D eigenvalue weighted by Crippen LogP contribution is 2.27. The molecule has 0 fully saturated rings. The summed E-state index contributed by atoms with van der Waals surface area (Å²) >= 11 is 1.08. The highest BCUT2D eigenvalue weighted by Gasteiger charge is 2.18. The first kappa shape index (κ1) is 16.8. The number of amides is 2. The number of esters is 1. The van der Waals surface area contributed by atoms with Gasteiger partial charge in [0.25, 0.3) is 11.8 Å². The molecule has 2 rings (SSSR count). The maximum absolute atomic E-state index is 12.0. The number of hydrogen-bond acceptors (Lipinski definition) is 6. The Morgan fingerprint density at radius 1 is 1.35 bits per heavy atom. The number of furan rings is 1. The molecule has 0 aliphatic carbocycles. The molecule has 8 heteroatoms. The van der Waals surface area contributed by atoms with Crippen LogP contribution in [0.4, 0.5) is 5.00 Å². The van der Waals surface area contributed by atoms with E-state index >= 15 is 0 Å². The Morgan fingerprint density at radius 2 is 2.09 bits per heavy atom. The zero-order chi connectivity index (χ0) is 17.0. The lowest BCUT2D eigenvalue weighted by molar-refractivity contribution is -0.131. The smallest absolute Gasteiger partial charge is 0.349 e. The van der Waals surface area contributed by atoms with E-state index in [0.29, 0.717) is 15.4 Å². The number of carbonyl (C=O) groups excluding carboxylic acids is 3. The summed E-state index contributed by atoms with van der Waals surface area (Å²) < 4.78 is 9.97. The normalized spacial score (nSPS) is 10.2. The predicted octanol–water partition coefficient (Wildman–Crippen LogP) is 2.15. The second-order valence-electron chi connectivity index (χ2n) is 4.92. The molecule has 2 amide bonds. The molecule has 0 radical (unpaired) electrons. The fourth-order valence-corrected chi connectivity index (χ4v) is 2.61. The Kier molecular flexibility index (Phi) is 5.17. The summed E-state index contributed by atoms with van der Waals surface area (Å²) in [4.78, 5) is 37.0. The van der Waals surface area contributed by atoms with Gasteiger partial charge in [0.15, 0.2) is 12.4 Å². The van der Waals surface area contributed by atoms with Crippen molar-refractivity contribution in [3.63, 3.8) is 0 Å². The lowest BCUT2D eigenvalue weighted by Crippen LogP contribution is -2.27. The topological polar surface area (TPSA) is 88.9 Å². The van der Waals surface area contributed by atoms with Crippen LogP contribution in [0.25, 0.3) is 0 Å². The van der Waals surface area contributed by atoms with Gasteiger partial charge in [0.05, 0.1) is 11.3 Å². The number of anilines is 1. The molecule has 0 saturated heterocycles. The van der Waals surface area contributed by atoms with Crippen LogP contribution in [-0.2, 0) is 9.53 Å². The van der Waals surface area contributed by atoms with E-state index in [9.17, 15) is 14.4 Å². The van der Waals surface area contributed by atoms with Gasteiger partial charge in [0, 0.05) is 14.1 Å². The molecule has 2 heterocycles. The first-order valence-electron chi connectivity index (χ1n) is 6.71. The molecule has 0 aliphatic rings. The molecule has 0 saturated carbocycles. The van der Waals surface area contributed by atoms with Crippen molar-refractivity contribution in [3.8, 4) is 0 Å². The SMILES string of the molecule is Cc1cc(NC(=O)c2ccco2)sc1C(=O)OCC(=O)N(C)C. The van der Waals surface area contributed by atoms with Gasteiger partial charge in [-0.25, -0.2) is 4.79 Å². The Hall–Kier alpha value is -2.61. The third-order valence-corrected chi connectivity index (χ3v) is 4.04. The fraction of sp³-hybridized carbons (Fsp3) is 0.267. The molecule has 0 bridgehead atoms. The minimum Gasteiger partial charge on any atom is -0.459 e. The van der Waals surface area contributed by atoms with Crippen LogP contribution >= 0.6 is 11.3 Å². The quantitative estimate of drug-likeness (QED) is 0.845. The number of aryl methyl sites for hydroxylation is 1. The Bertz CT molecular complexity index is 718. The summed E-state index contributed by atoms with van der Waals surface area (Å²) in [5.41, 5.74) is 0.659. The third kappa shape index (κ3) is 4.19. The number of likely N-dealkylation sites (N-methyl/N-ethyl adjacent to an activating group) is 1. The van der Waals surface area contributed by atoms with Crippen LogP contribution in [0.5, 0.6) is 0 Å². The van der Waals surface area contributed by atoms with Crippen LogP contribution in [0.1, 0.15) is 25.8 Å². The predicted molar refractivity (Wildman–Crippen MR) is 84.7 cm³/mol. The molecule has 2 aromatic rings. The molecule has 7 nitrogen and oxygen atoms in total. The number of ether oxygens (including phenoxy) is 1. The maximum Gasteiger partial charge on any atom is 0.349 e. The van der Waals surface area contributed by atoms with Gasteiger partial charge in [0.2, 0.25) is 0 Å². The van der Waals surface area contributed by atoms with Crippen molar-refractivity contribution < 1.29 is 23.5 Å². The monoisotopic (exact) mass is 336 g/mol. The number of thiophene rings is 1. The third-order valence-electron chi connectivity index (χ3n) is 2.91. The van der Waals surface area contributed by atoms with E-state index in [1.807, 2.05) is 0 Å². The van der Waals surface area contributed by atoms with Gasteiger partial charge >= 0.3 is 5.97 Å². The van der Waals surface area contributed by atoms with Crippen molar-refractivity contribution >= 4 is 34.1 Å². The van der Waals surface area contributed by atoms with Gasteiger partial charge in [-0.05, 0) is 30.7 Å². The molecular formula is C15H16N2O5S. The Morgan fingerprint density at radius 3 is 2.70 bits per heavy atom. The zero-order valence-corrected chi connectivity index (χ0v) is 13.7. The first-order chi connectivity index (χ1) is 10.9. The van der Waals surface area contributed by atoms with Crippen LogP contribution < -0.4 is 5.32 Å². The molecule has 0 atom stereocenters. The molecule has 1 N–H and O–H groups in total. The largest absolute Gasteiger partial charge is 0.459 e. The average Bonchev–Trinajstić information content (AvgIpc) is 3.14. The minimum atomic E-state index is -0.596. The van der Waals surface area contributed by atoms with Crippen molar-refractivity contribution in [1.29, 1.82) is 0 Å². The molecule has 23 heavy (non-hydrogen) atoms. The summed E-state index contributed by atoms with van der Waals surface area (Å²) in [5.74, 6) is -1.13. The van der Waals surface area contributed by atoms with Crippen molar-refractivity contribution in [3.05, 3.63) is 40.7 Å². The summed E-state index contributed by atoms with van der Waals surface area (Å²) in [5, 5.41) is 3.14. The van der Waals surface area contributed by atoms with E-state index in [4.69, 9.17) is 9.15 Å². The first-order valence-corrected chi connectivity index (χ1v) is 7.52. The van der Waals surface area contributed by atoms with Gasteiger partial charge in [-0.15, -0.1) is 11.3 Å². The minimum absolute atomic E-state index is 0.178. The highest BCUT2D eigenvalue weighted by molar-refractivity contribution is 7.18. The summed E-state index contributed by atoms with van der Waals surface area (Å²) in [6.45, 7) is 1.40. The zero-order valence-electron chi connectivity index (χ0n) is 12.9. The number of carbonyl (C=O) groups is 3. The fourth-order valence-electron chi connectivity index (χ4n) is 1.65.